The lowest BCUT2D eigenvalue weighted by molar-refractivity contribution is -0.152. The van der Waals surface area contributed by atoms with Crippen LogP contribution in [0.15, 0.2) is 0 Å². The SMILES string of the molecule is O=C1O[C@]23C(OP2(=O)[C@]3(O)CO)C1=O. The summed E-state index contributed by atoms with van der Waals surface area (Å²) in [4.78, 5) is 21.9. The number of hydrogen-bond acceptors (Lipinski definition) is 7. The van der Waals surface area contributed by atoms with E-state index in [1.54, 1.807) is 0 Å². The second-order valence-electron chi connectivity index (χ2n) is 3.46. The largest absolute Gasteiger partial charge is 0.435 e. The maximum atomic E-state index is 11.7. The Bertz CT molecular complexity index is 430. The first kappa shape index (κ1) is 8.55. The van der Waals surface area contributed by atoms with Gasteiger partial charge in [0.1, 0.15) is 0 Å². The van der Waals surface area contributed by atoms with Gasteiger partial charge in [0.15, 0.2) is 6.10 Å². The third kappa shape index (κ3) is 0.450. The summed E-state index contributed by atoms with van der Waals surface area (Å²) in [6.07, 6.45) is -1.31. The highest BCUT2D eigenvalue weighted by Crippen LogP contribution is 2.98. The monoisotopic (exact) mass is 220 g/mol. The topological polar surface area (TPSA) is 110 Å². The van der Waals surface area contributed by atoms with E-state index < -0.39 is 42.5 Å². The van der Waals surface area contributed by atoms with Crippen LogP contribution in [0.25, 0.3) is 0 Å². The van der Waals surface area contributed by atoms with Crippen LogP contribution in [0.3, 0.4) is 0 Å². The fraction of sp³-hybridized carbons (Fsp3) is 0.667. The number of hydrogen-bond donors (Lipinski definition) is 2. The fourth-order valence-corrected chi connectivity index (χ4v) is 5.14. The van der Waals surface area contributed by atoms with Crippen LogP contribution in [-0.4, -0.2) is 45.4 Å². The molecule has 4 atom stereocenters. The minimum atomic E-state index is -3.58. The molecule has 14 heavy (non-hydrogen) atoms. The third-order valence-corrected chi connectivity index (χ3v) is 6.27. The van der Waals surface area contributed by atoms with Gasteiger partial charge < -0.3 is 19.5 Å². The Hall–Kier alpha value is -0.750. The van der Waals surface area contributed by atoms with E-state index in [0.29, 0.717) is 0 Å². The van der Waals surface area contributed by atoms with Gasteiger partial charge in [-0.15, -0.1) is 0 Å². The summed E-state index contributed by atoms with van der Waals surface area (Å²) in [5.41, 5.74) is 0. The zero-order valence-corrected chi connectivity index (χ0v) is 7.56. The molecule has 0 radical (unpaired) electrons. The van der Waals surface area contributed by atoms with E-state index >= 15 is 0 Å². The minimum Gasteiger partial charge on any atom is -0.435 e. The lowest BCUT2D eigenvalue weighted by Crippen LogP contribution is -2.42. The van der Waals surface area contributed by atoms with Crippen LogP contribution in [0.2, 0.25) is 0 Å². The maximum Gasteiger partial charge on any atom is 0.379 e. The van der Waals surface area contributed by atoms with Crippen LogP contribution < -0.4 is 0 Å². The predicted octanol–water partition coefficient (Wildman–Crippen LogP) is -1.82. The molecule has 3 fully saturated rings. The summed E-state index contributed by atoms with van der Waals surface area (Å²) in [5, 5.41) is 14.6. The lowest BCUT2D eigenvalue weighted by atomic mass is 10.1. The Morgan fingerprint density at radius 2 is 2.14 bits per heavy atom. The minimum absolute atomic E-state index is 0.860. The fourth-order valence-electron chi connectivity index (χ4n) is 2.11. The molecule has 2 N–H and O–H groups in total. The van der Waals surface area contributed by atoms with Crippen LogP contribution >= 0.6 is 7.37 Å². The molecule has 0 amide bonds. The van der Waals surface area contributed by atoms with E-state index in [0.717, 1.165) is 0 Å². The average Bonchev–Trinajstić information content (AvgIpc) is 2.38. The van der Waals surface area contributed by atoms with Gasteiger partial charge in [0.05, 0.1) is 6.61 Å². The van der Waals surface area contributed by atoms with E-state index in [9.17, 15) is 19.3 Å². The molecule has 3 aliphatic rings. The van der Waals surface area contributed by atoms with Gasteiger partial charge in [-0.25, -0.2) is 4.79 Å². The zero-order chi connectivity index (χ0) is 10.4. The van der Waals surface area contributed by atoms with Crippen LogP contribution in [0.4, 0.5) is 0 Å². The maximum absolute atomic E-state index is 11.7. The van der Waals surface area contributed by atoms with Crippen LogP contribution in [0.1, 0.15) is 0 Å². The first-order valence-corrected chi connectivity index (χ1v) is 5.46. The number of ether oxygens (including phenoxy) is 1. The summed E-state index contributed by atoms with van der Waals surface area (Å²) in [6, 6.07) is 0. The lowest BCUT2D eigenvalue weighted by Gasteiger charge is -2.22. The van der Waals surface area contributed by atoms with Gasteiger partial charge in [-0.05, 0) is 0 Å². The molecule has 0 aromatic rings. The number of aliphatic hydroxyl groups is 2. The smallest absolute Gasteiger partial charge is 0.379 e. The van der Waals surface area contributed by atoms with Crippen LogP contribution in [-0.2, 0) is 23.4 Å². The van der Waals surface area contributed by atoms with Crippen LogP contribution in [0, 0.1) is 0 Å². The van der Waals surface area contributed by atoms with Gasteiger partial charge in [0.2, 0.25) is 5.34 Å². The standard InChI is InChI=1S/C6H5O7P/c7-1-5(10)6-3(13-14(5,6)11)2(8)4(9)12-6/h3,7,10H,1H2/t3?,5-,6-,14?/m1/s1. The summed E-state index contributed by atoms with van der Waals surface area (Å²) in [7, 11) is -3.58. The number of ketones is 1. The Morgan fingerprint density at radius 1 is 1.50 bits per heavy atom. The van der Waals surface area contributed by atoms with Crippen molar-refractivity contribution in [3.63, 3.8) is 0 Å². The van der Waals surface area contributed by atoms with E-state index in [1.807, 2.05) is 0 Å². The second kappa shape index (κ2) is 1.81. The summed E-state index contributed by atoms with van der Waals surface area (Å²) in [5.74, 6) is -2.13. The molecule has 0 saturated carbocycles. The molecule has 0 aromatic heterocycles. The van der Waals surface area contributed by atoms with Crippen molar-refractivity contribution in [3.8, 4) is 0 Å². The van der Waals surface area contributed by atoms with Crippen LogP contribution in [0.5, 0.6) is 0 Å². The number of Topliss-reactive ketones (excluding diaryl/α,β-unsaturated/α-hetero) is 1. The highest BCUT2D eigenvalue weighted by Gasteiger charge is 3.05. The van der Waals surface area contributed by atoms with Crippen molar-refractivity contribution in [2.45, 2.75) is 16.8 Å². The Balaban J connectivity index is 2.13. The Morgan fingerprint density at radius 3 is 2.57 bits per heavy atom. The number of rotatable bonds is 1. The van der Waals surface area contributed by atoms with E-state index in [-0.39, 0.29) is 0 Å². The molecule has 3 heterocycles. The number of esters is 1. The number of carbonyl (C=O) groups is 2. The van der Waals surface area contributed by atoms with E-state index in [2.05, 4.69) is 9.26 Å². The third-order valence-electron chi connectivity index (χ3n) is 2.97. The molecule has 7 nitrogen and oxygen atoms in total. The summed E-state index contributed by atoms with van der Waals surface area (Å²) < 4.78 is 20.9. The van der Waals surface area contributed by atoms with Gasteiger partial charge in [0.25, 0.3) is 18.5 Å². The molecule has 1 spiro atoms. The summed E-state index contributed by atoms with van der Waals surface area (Å²) >= 11 is 0. The Labute approximate surface area is 77.1 Å². The zero-order valence-electron chi connectivity index (χ0n) is 6.67. The van der Waals surface area contributed by atoms with Gasteiger partial charge in [0, 0.05) is 0 Å². The highest BCUT2D eigenvalue weighted by atomic mass is 31.2. The first-order chi connectivity index (χ1) is 6.44. The second-order valence-corrected chi connectivity index (χ2v) is 6.18. The molecular formula is C6H5O7P. The molecule has 3 saturated heterocycles. The summed E-state index contributed by atoms with van der Waals surface area (Å²) in [6.45, 7) is -0.860. The van der Waals surface area contributed by atoms with Crippen molar-refractivity contribution in [1.29, 1.82) is 0 Å². The van der Waals surface area contributed by atoms with Gasteiger partial charge in [-0.2, -0.15) is 0 Å². The van der Waals surface area contributed by atoms with Crippen molar-refractivity contribution in [2.75, 3.05) is 6.61 Å². The van der Waals surface area contributed by atoms with Crippen molar-refractivity contribution in [1.82, 2.24) is 0 Å². The Kier molecular flexibility index (Phi) is 1.11. The highest BCUT2D eigenvalue weighted by molar-refractivity contribution is 7.72. The van der Waals surface area contributed by atoms with Gasteiger partial charge >= 0.3 is 5.97 Å². The van der Waals surface area contributed by atoms with Gasteiger partial charge in [-0.1, -0.05) is 0 Å². The molecule has 76 valence electrons. The molecular weight excluding hydrogens is 215 g/mol. The van der Waals surface area contributed by atoms with Crippen molar-refractivity contribution in [3.05, 3.63) is 0 Å². The van der Waals surface area contributed by atoms with E-state index in [1.165, 1.54) is 0 Å². The van der Waals surface area contributed by atoms with Crippen molar-refractivity contribution >= 4 is 19.1 Å². The number of aliphatic hydroxyl groups excluding tert-OH is 1. The van der Waals surface area contributed by atoms with Crippen molar-refractivity contribution < 1.29 is 33.6 Å². The van der Waals surface area contributed by atoms with Gasteiger partial charge in [-0.3, -0.25) is 9.36 Å². The molecule has 0 aromatic carbocycles. The normalized spacial score (nSPS) is 58.6. The molecule has 2 unspecified atom stereocenters. The molecule has 3 rings (SSSR count). The molecule has 8 heteroatoms. The quantitative estimate of drug-likeness (QED) is 0.304. The molecule has 0 aliphatic carbocycles. The predicted molar refractivity (Wildman–Crippen MR) is 38.3 cm³/mol. The molecule has 0 bridgehead atoms. The van der Waals surface area contributed by atoms with E-state index in [4.69, 9.17) is 5.11 Å². The number of carbonyl (C=O) groups excluding carboxylic acids is 2. The molecule has 3 aliphatic heterocycles. The average molecular weight is 220 g/mol. The first-order valence-electron chi connectivity index (χ1n) is 3.84. The van der Waals surface area contributed by atoms with Crippen molar-refractivity contribution in [2.24, 2.45) is 0 Å².